The first kappa shape index (κ1) is 22.5. The van der Waals surface area contributed by atoms with Gasteiger partial charge in [0.2, 0.25) is 5.91 Å². The van der Waals surface area contributed by atoms with Crippen molar-refractivity contribution in [3.05, 3.63) is 76.9 Å². The van der Waals surface area contributed by atoms with Crippen LogP contribution in [0, 0.1) is 0 Å². The Morgan fingerprint density at radius 3 is 2.26 bits per heavy atom. The quantitative estimate of drug-likeness (QED) is 0.198. The predicted molar refractivity (Wildman–Crippen MR) is 125 cm³/mol. The standard InChI is InChI=1S/C26H24N2O7/c27-22(31)6-1-2-7-23(32)28-19-5-3-4-18-24(19)25(33)35-26(18)16-10-8-14(29)12-20(16)34-21-13-15(30)9-11-17(21)26/h3-5,8-13,23,28-30,32H,1-2,6-7H2,(H2,27,31). The number of phenols is 2. The highest BCUT2D eigenvalue weighted by Gasteiger charge is 2.54. The zero-order valence-corrected chi connectivity index (χ0v) is 18.7. The molecule has 0 radical (unpaired) electrons. The molecule has 3 aromatic carbocycles. The van der Waals surface area contributed by atoms with Gasteiger partial charge >= 0.3 is 5.97 Å². The molecule has 9 heteroatoms. The fourth-order valence-corrected chi connectivity index (χ4v) is 4.76. The Hall–Kier alpha value is -4.24. The lowest BCUT2D eigenvalue weighted by molar-refractivity contribution is -0.118. The largest absolute Gasteiger partial charge is 0.508 e. The first-order chi connectivity index (χ1) is 16.8. The van der Waals surface area contributed by atoms with Crippen LogP contribution in [0.2, 0.25) is 0 Å². The number of primary amides is 1. The predicted octanol–water partition coefficient (Wildman–Crippen LogP) is 3.44. The van der Waals surface area contributed by atoms with Crippen LogP contribution < -0.4 is 15.8 Å². The van der Waals surface area contributed by atoms with E-state index in [9.17, 15) is 24.9 Å². The lowest BCUT2D eigenvalue weighted by Crippen LogP contribution is -2.32. The van der Waals surface area contributed by atoms with Crippen LogP contribution in [0.3, 0.4) is 0 Å². The molecular formula is C26H24N2O7. The van der Waals surface area contributed by atoms with Crippen molar-refractivity contribution in [3.8, 4) is 23.0 Å². The van der Waals surface area contributed by atoms with Crippen molar-refractivity contribution in [2.24, 2.45) is 5.73 Å². The molecule has 3 aromatic rings. The molecule has 2 aliphatic rings. The number of nitrogens with two attached hydrogens (primary N) is 1. The van der Waals surface area contributed by atoms with Crippen molar-refractivity contribution in [1.29, 1.82) is 0 Å². The van der Waals surface area contributed by atoms with E-state index < -0.39 is 17.8 Å². The number of ether oxygens (including phenoxy) is 2. The number of benzene rings is 3. The topological polar surface area (TPSA) is 151 Å². The minimum Gasteiger partial charge on any atom is -0.508 e. The molecule has 6 N–H and O–H groups in total. The van der Waals surface area contributed by atoms with Gasteiger partial charge in [0.15, 0.2) is 5.60 Å². The zero-order chi connectivity index (χ0) is 24.7. The maximum atomic E-state index is 13.3. The van der Waals surface area contributed by atoms with E-state index in [0.717, 1.165) is 0 Å². The molecule has 2 heterocycles. The van der Waals surface area contributed by atoms with Gasteiger partial charge in [-0.3, -0.25) is 4.79 Å². The average molecular weight is 476 g/mol. The molecule has 180 valence electrons. The third-order valence-corrected chi connectivity index (χ3v) is 6.28. The lowest BCUT2D eigenvalue weighted by Gasteiger charge is -2.36. The summed E-state index contributed by atoms with van der Waals surface area (Å²) in [7, 11) is 0. The number of hydrogen-bond acceptors (Lipinski definition) is 8. The van der Waals surface area contributed by atoms with Gasteiger partial charge in [0.1, 0.15) is 29.2 Å². The number of unbranched alkanes of at least 4 members (excludes halogenated alkanes) is 1. The van der Waals surface area contributed by atoms with Gasteiger partial charge in [-0.1, -0.05) is 12.1 Å². The van der Waals surface area contributed by atoms with Crippen LogP contribution >= 0.6 is 0 Å². The number of carbonyl (C=O) groups excluding carboxylic acids is 2. The number of esters is 1. The molecule has 1 unspecified atom stereocenters. The van der Waals surface area contributed by atoms with Crippen LogP contribution in [-0.2, 0) is 15.1 Å². The number of rotatable bonds is 7. The zero-order valence-electron chi connectivity index (χ0n) is 18.7. The summed E-state index contributed by atoms with van der Waals surface area (Å²) in [5.74, 6) is -0.457. The Balaban J connectivity index is 1.57. The van der Waals surface area contributed by atoms with Crippen LogP contribution in [-0.4, -0.2) is 33.4 Å². The van der Waals surface area contributed by atoms with E-state index in [4.69, 9.17) is 15.2 Å². The summed E-state index contributed by atoms with van der Waals surface area (Å²) in [6, 6.07) is 14.3. The molecule has 9 nitrogen and oxygen atoms in total. The molecule has 0 aliphatic carbocycles. The molecule has 1 spiro atoms. The summed E-state index contributed by atoms with van der Waals surface area (Å²) in [6.07, 6.45) is 0.774. The Morgan fingerprint density at radius 1 is 0.971 bits per heavy atom. The number of nitrogens with one attached hydrogen (secondary N) is 1. The van der Waals surface area contributed by atoms with Crippen molar-refractivity contribution >= 4 is 17.6 Å². The number of amides is 1. The van der Waals surface area contributed by atoms with Crippen LogP contribution in [0.15, 0.2) is 54.6 Å². The second kappa shape index (κ2) is 8.52. The summed E-state index contributed by atoms with van der Waals surface area (Å²) in [5.41, 5.74) is 6.03. The van der Waals surface area contributed by atoms with Crippen LogP contribution in [0.5, 0.6) is 23.0 Å². The van der Waals surface area contributed by atoms with E-state index in [-0.39, 0.29) is 40.9 Å². The second-order valence-electron chi connectivity index (χ2n) is 8.63. The Kier molecular flexibility index (Phi) is 5.49. The van der Waals surface area contributed by atoms with E-state index in [1.165, 1.54) is 24.3 Å². The van der Waals surface area contributed by atoms with Crippen molar-refractivity contribution in [2.45, 2.75) is 37.5 Å². The fraction of sp³-hybridized carbons (Fsp3) is 0.231. The first-order valence-electron chi connectivity index (χ1n) is 11.2. The number of fused-ring (bicyclic) bond motifs is 6. The average Bonchev–Trinajstić information content (AvgIpc) is 3.10. The number of phenolic OH excluding ortho intramolecular Hbond substituents is 2. The lowest BCUT2D eigenvalue weighted by atomic mass is 9.77. The van der Waals surface area contributed by atoms with Crippen LogP contribution in [0.4, 0.5) is 5.69 Å². The van der Waals surface area contributed by atoms with E-state index in [1.807, 2.05) is 0 Å². The highest BCUT2D eigenvalue weighted by molar-refractivity contribution is 6.02. The Labute approximate surface area is 200 Å². The fourth-order valence-electron chi connectivity index (χ4n) is 4.76. The number of aliphatic hydroxyl groups is 1. The molecule has 35 heavy (non-hydrogen) atoms. The van der Waals surface area contributed by atoms with Gasteiger partial charge in [-0.25, -0.2) is 4.79 Å². The number of carbonyl (C=O) groups is 2. The summed E-state index contributed by atoms with van der Waals surface area (Å²) < 4.78 is 12.0. The number of aliphatic hydroxyl groups excluding tert-OH is 1. The van der Waals surface area contributed by atoms with Crippen molar-refractivity contribution in [2.75, 3.05) is 5.32 Å². The van der Waals surface area contributed by atoms with Gasteiger partial charge in [-0.15, -0.1) is 0 Å². The van der Waals surface area contributed by atoms with E-state index in [1.54, 1.807) is 30.3 Å². The van der Waals surface area contributed by atoms with Crippen molar-refractivity contribution in [1.82, 2.24) is 0 Å². The number of anilines is 1. The Morgan fingerprint density at radius 2 is 1.63 bits per heavy atom. The molecule has 1 amide bonds. The molecule has 0 bridgehead atoms. The highest BCUT2D eigenvalue weighted by atomic mass is 16.6. The van der Waals surface area contributed by atoms with Crippen molar-refractivity contribution in [3.63, 3.8) is 0 Å². The van der Waals surface area contributed by atoms with E-state index >= 15 is 0 Å². The van der Waals surface area contributed by atoms with Crippen LogP contribution in [0.1, 0.15) is 52.7 Å². The third kappa shape index (κ3) is 3.79. The molecule has 5 rings (SSSR count). The Bertz CT molecular complexity index is 1290. The second-order valence-corrected chi connectivity index (χ2v) is 8.63. The summed E-state index contributed by atoms with van der Waals surface area (Å²) in [5, 5.41) is 33.5. The van der Waals surface area contributed by atoms with Crippen molar-refractivity contribution < 1.29 is 34.4 Å². The monoisotopic (exact) mass is 476 g/mol. The summed E-state index contributed by atoms with van der Waals surface area (Å²) in [6.45, 7) is 0. The minimum atomic E-state index is -1.37. The minimum absolute atomic E-state index is 0.0260. The maximum Gasteiger partial charge on any atom is 0.342 e. The van der Waals surface area contributed by atoms with Crippen LogP contribution in [0.25, 0.3) is 0 Å². The number of hydrogen-bond donors (Lipinski definition) is 5. The molecular weight excluding hydrogens is 452 g/mol. The number of aromatic hydroxyl groups is 2. The first-order valence-corrected chi connectivity index (χ1v) is 11.2. The molecule has 0 fully saturated rings. The summed E-state index contributed by atoms with van der Waals surface area (Å²) >= 11 is 0. The molecule has 0 saturated heterocycles. The van der Waals surface area contributed by atoms with Gasteiger partial charge in [0, 0.05) is 35.2 Å². The van der Waals surface area contributed by atoms with Gasteiger partial charge in [0.25, 0.3) is 0 Å². The summed E-state index contributed by atoms with van der Waals surface area (Å²) in [4.78, 5) is 24.2. The molecule has 0 saturated carbocycles. The molecule has 0 aromatic heterocycles. The molecule has 2 aliphatic heterocycles. The third-order valence-electron chi connectivity index (χ3n) is 6.28. The van der Waals surface area contributed by atoms with E-state index in [2.05, 4.69) is 5.32 Å². The van der Waals surface area contributed by atoms with Gasteiger partial charge in [-0.2, -0.15) is 0 Å². The van der Waals surface area contributed by atoms with Gasteiger partial charge in [-0.05, 0) is 49.6 Å². The van der Waals surface area contributed by atoms with Gasteiger partial charge in [0.05, 0.1) is 11.3 Å². The van der Waals surface area contributed by atoms with Gasteiger partial charge < -0.3 is 35.8 Å². The SMILES string of the molecule is NC(=O)CCCCC(O)Nc1cccc2c1C(=O)OC21c2ccc(O)cc2Oc2cc(O)ccc21. The maximum absolute atomic E-state index is 13.3. The smallest absolute Gasteiger partial charge is 0.342 e. The van der Waals surface area contributed by atoms with E-state index in [0.29, 0.717) is 41.6 Å². The molecule has 1 atom stereocenters. The normalized spacial score (nSPS) is 15.4. The highest BCUT2D eigenvalue weighted by Crippen LogP contribution is 2.57.